The van der Waals surface area contributed by atoms with E-state index in [1.165, 1.54) is 24.0 Å². The van der Waals surface area contributed by atoms with Gasteiger partial charge in [-0.2, -0.15) is 0 Å². The lowest BCUT2D eigenvalue weighted by molar-refractivity contribution is 0.171. The molecular formula is C22H28O2. The molecule has 128 valence electrons. The molecule has 24 heavy (non-hydrogen) atoms. The molecule has 2 heteroatoms. The van der Waals surface area contributed by atoms with Crippen molar-refractivity contribution in [2.75, 3.05) is 0 Å². The average molecular weight is 324 g/mol. The number of rotatable bonds is 3. The molecule has 0 aromatic heterocycles. The Kier molecular flexibility index (Phi) is 4.58. The summed E-state index contributed by atoms with van der Waals surface area (Å²) in [7, 11) is 0. The van der Waals surface area contributed by atoms with E-state index in [2.05, 4.69) is 45.0 Å². The summed E-state index contributed by atoms with van der Waals surface area (Å²) in [6.07, 6.45) is 3.49. The van der Waals surface area contributed by atoms with Crippen molar-refractivity contribution in [3.63, 3.8) is 0 Å². The molecule has 0 spiro atoms. The highest BCUT2D eigenvalue weighted by atomic mass is 16.3. The molecule has 0 saturated heterocycles. The minimum absolute atomic E-state index is 0.127. The molecule has 0 heterocycles. The van der Waals surface area contributed by atoms with Crippen molar-refractivity contribution >= 4 is 0 Å². The van der Waals surface area contributed by atoms with Crippen LogP contribution in [-0.2, 0) is 5.41 Å². The van der Waals surface area contributed by atoms with Gasteiger partial charge in [0.05, 0.1) is 0 Å². The zero-order valence-corrected chi connectivity index (χ0v) is 14.9. The lowest BCUT2D eigenvalue weighted by Crippen LogP contribution is -2.35. The van der Waals surface area contributed by atoms with Crippen molar-refractivity contribution in [1.82, 2.24) is 0 Å². The van der Waals surface area contributed by atoms with Gasteiger partial charge in [-0.05, 0) is 77.8 Å². The first-order valence-electron chi connectivity index (χ1n) is 8.97. The number of benzene rings is 2. The molecule has 0 amide bonds. The van der Waals surface area contributed by atoms with Crippen LogP contribution in [0.5, 0.6) is 11.5 Å². The number of phenolic OH excluding ortho intramolecular Hbond substituents is 2. The first-order chi connectivity index (χ1) is 11.4. The Morgan fingerprint density at radius 2 is 1.46 bits per heavy atom. The van der Waals surface area contributed by atoms with Crippen molar-refractivity contribution in [3.05, 3.63) is 59.7 Å². The molecule has 3 unspecified atom stereocenters. The fourth-order valence-electron chi connectivity index (χ4n) is 4.44. The third-order valence-electron chi connectivity index (χ3n) is 5.96. The van der Waals surface area contributed by atoms with Crippen LogP contribution in [0.25, 0.3) is 0 Å². The van der Waals surface area contributed by atoms with E-state index in [1.54, 1.807) is 24.3 Å². The van der Waals surface area contributed by atoms with Gasteiger partial charge < -0.3 is 10.2 Å². The second-order valence-corrected chi connectivity index (χ2v) is 7.96. The van der Waals surface area contributed by atoms with Crippen molar-refractivity contribution in [2.24, 2.45) is 11.8 Å². The van der Waals surface area contributed by atoms with Crippen molar-refractivity contribution in [3.8, 4) is 11.5 Å². The number of hydrogen-bond donors (Lipinski definition) is 2. The highest BCUT2D eigenvalue weighted by Crippen LogP contribution is 2.50. The number of hydrogen-bond acceptors (Lipinski definition) is 2. The highest BCUT2D eigenvalue weighted by molar-refractivity contribution is 5.35. The third-order valence-corrected chi connectivity index (χ3v) is 5.96. The predicted molar refractivity (Wildman–Crippen MR) is 98.5 cm³/mol. The van der Waals surface area contributed by atoms with Crippen LogP contribution in [0.3, 0.4) is 0 Å². The second-order valence-electron chi connectivity index (χ2n) is 7.96. The first kappa shape index (κ1) is 16.9. The Hall–Kier alpha value is -1.96. The van der Waals surface area contributed by atoms with Crippen molar-refractivity contribution < 1.29 is 10.2 Å². The summed E-state index contributed by atoms with van der Waals surface area (Å²) in [6.45, 7) is 6.99. The van der Waals surface area contributed by atoms with Gasteiger partial charge in [0.1, 0.15) is 11.5 Å². The normalized spacial score (nSPS) is 27.3. The fourth-order valence-corrected chi connectivity index (χ4v) is 4.44. The summed E-state index contributed by atoms with van der Waals surface area (Å²) in [5.74, 6) is 2.47. The molecular weight excluding hydrogens is 296 g/mol. The molecule has 1 aliphatic carbocycles. The SMILES string of the molecule is CC(C)C1CCC(C)(c2ccc(O)cc2)CC1c1ccc(O)cc1. The van der Waals surface area contributed by atoms with Crippen LogP contribution in [0.4, 0.5) is 0 Å². The molecule has 1 fully saturated rings. The largest absolute Gasteiger partial charge is 0.508 e. The van der Waals surface area contributed by atoms with Gasteiger partial charge in [-0.25, -0.2) is 0 Å². The zero-order chi connectivity index (χ0) is 17.3. The summed E-state index contributed by atoms with van der Waals surface area (Å²) in [5, 5.41) is 19.2. The van der Waals surface area contributed by atoms with Gasteiger partial charge in [0.15, 0.2) is 0 Å². The van der Waals surface area contributed by atoms with E-state index < -0.39 is 0 Å². The molecule has 2 aromatic rings. The van der Waals surface area contributed by atoms with Crippen molar-refractivity contribution in [1.29, 1.82) is 0 Å². The Morgan fingerprint density at radius 1 is 0.917 bits per heavy atom. The third kappa shape index (κ3) is 3.28. The summed E-state index contributed by atoms with van der Waals surface area (Å²) in [6, 6.07) is 15.5. The molecule has 0 bridgehead atoms. The van der Waals surface area contributed by atoms with Crippen LogP contribution >= 0.6 is 0 Å². The van der Waals surface area contributed by atoms with Gasteiger partial charge in [0, 0.05) is 0 Å². The van der Waals surface area contributed by atoms with E-state index in [0.29, 0.717) is 29.3 Å². The standard InChI is InChI=1S/C22H28O2/c1-15(2)20-12-13-22(3,17-6-10-19(24)11-7-17)14-21(20)16-4-8-18(23)9-5-16/h4-11,15,20-21,23-24H,12-14H2,1-3H3. The van der Waals surface area contributed by atoms with Gasteiger partial charge in [-0.3, -0.25) is 0 Å². The number of aromatic hydroxyl groups is 2. The van der Waals surface area contributed by atoms with Crippen LogP contribution in [0.1, 0.15) is 57.1 Å². The molecule has 1 aliphatic rings. The van der Waals surface area contributed by atoms with Gasteiger partial charge in [0.2, 0.25) is 0 Å². The molecule has 3 rings (SSSR count). The molecule has 2 nitrogen and oxygen atoms in total. The maximum Gasteiger partial charge on any atom is 0.115 e. The number of phenols is 2. The zero-order valence-electron chi connectivity index (χ0n) is 14.9. The summed E-state index contributed by atoms with van der Waals surface area (Å²) < 4.78 is 0. The van der Waals surface area contributed by atoms with Gasteiger partial charge in [0.25, 0.3) is 0 Å². The Labute approximate surface area is 145 Å². The van der Waals surface area contributed by atoms with Gasteiger partial charge >= 0.3 is 0 Å². The lowest BCUT2D eigenvalue weighted by atomic mass is 9.59. The van der Waals surface area contributed by atoms with E-state index in [-0.39, 0.29) is 5.41 Å². The maximum absolute atomic E-state index is 9.61. The Bertz CT molecular complexity index is 672. The smallest absolute Gasteiger partial charge is 0.115 e. The van der Waals surface area contributed by atoms with Crippen molar-refractivity contribution in [2.45, 2.75) is 51.4 Å². The Balaban J connectivity index is 1.93. The van der Waals surface area contributed by atoms with Crippen LogP contribution < -0.4 is 0 Å². The molecule has 1 saturated carbocycles. The van der Waals surface area contributed by atoms with E-state index in [0.717, 1.165) is 6.42 Å². The van der Waals surface area contributed by atoms with Crippen LogP contribution in [0, 0.1) is 11.8 Å². The maximum atomic E-state index is 9.61. The molecule has 3 atom stereocenters. The van der Waals surface area contributed by atoms with E-state index in [1.807, 2.05) is 0 Å². The van der Waals surface area contributed by atoms with Gasteiger partial charge in [-0.15, -0.1) is 0 Å². The summed E-state index contributed by atoms with van der Waals surface area (Å²) in [5.41, 5.74) is 2.77. The Morgan fingerprint density at radius 3 is 2.00 bits per heavy atom. The highest BCUT2D eigenvalue weighted by Gasteiger charge is 2.40. The van der Waals surface area contributed by atoms with Crippen LogP contribution in [0.15, 0.2) is 48.5 Å². The quantitative estimate of drug-likeness (QED) is 0.772. The topological polar surface area (TPSA) is 40.5 Å². The minimum atomic E-state index is 0.127. The monoisotopic (exact) mass is 324 g/mol. The van der Waals surface area contributed by atoms with E-state index >= 15 is 0 Å². The summed E-state index contributed by atoms with van der Waals surface area (Å²) >= 11 is 0. The van der Waals surface area contributed by atoms with Crippen LogP contribution in [-0.4, -0.2) is 10.2 Å². The molecule has 2 aromatic carbocycles. The van der Waals surface area contributed by atoms with E-state index in [9.17, 15) is 10.2 Å². The van der Waals surface area contributed by atoms with E-state index in [4.69, 9.17) is 0 Å². The van der Waals surface area contributed by atoms with Gasteiger partial charge in [-0.1, -0.05) is 45.0 Å². The average Bonchev–Trinajstić information content (AvgIpc) is 2.55. The second kappa shape index (κ2) is 6.51. The molecule has 0 aliphatic heterocycles. The minimum Gasteiger partial charge on any atom is -0.508 e. The lowest BCUT2D eigenvalue weighted by Gasteiger charge is -2.45. The predicted octanol–water partition coefficient (Wildman–Crippen LogP) is 5.60. The van der Waals surface area contributed by atoms with Crippen LogP contribution in [0.2, 0.25) is 0 Å². The molecule has 0 radical (unpaired) electrons. The first-order valence-corrected chi connectivity index (χ1v) is 8.97. The fraction of sp³-hybridized carbons (Fsp3) is 0.455. The molecule has 2 N–H and O–H groups in total. The summed E-state index contributed by atoms with van der Waals surface area (Å²) in [4.78, 5) is 0.